The molecule has 1 aliphatic heterocycles. The standard InChI is InChI=1S/C22H22Cl2FN3O2/c1-13-18-10-19(22(29)30-2)20(25)11-21(18)28(26-13)17-3-5-27(6-4-17)12-14-7-15(23)9-16(24)8-14/h7-11,17H,3-6,12H2,1-2H3. The van der Waals surface area contributed by atoms with Crippen LogP contribution in [0.5, 0.6) is 0 Å². The molecule has 0 bridgehead atoms. The molecule has 30 heavy (non-hydrogen) atoms. The van der Waals surface area contributed by atoms with Crippen molar-refractivity contribution in [2.24, 2.45) is 0 Å². The lowest BCUT2D eigenvalue weighted by molar-refractivity contribution is 0.0595. The SMILES string of the molecule is COC(=O)c1cc2c(C)nn(C3CCN(Cc4cc(Cl)cc(Cl)c4)CC3)c2cc1F. The van der Waals surface area contributed by atoms with E-state index in [1.807, 2.05) is 23.7 Å². The minimum atomic E-state index is -0.684. The molecule has 8 heteroatoms. The van der Waals surface area contributed by atoms with Crippen LogP contribution in [0.25, 0.3) is 10.9 Å². The van der Waals surface area contributed by atoms with Crippen molar-refractivity contribution >= 4 is 40.1 Å². The van der Waals surface area contributed by atoms with Gasteiger partial charge >= 0.3 is 5.97 Å². The number of ether oxygens (including phenoxy) is 1. The second kappa shape index (κ2) is 8.53. The van der Waals surface area contributed by atoms with Crippen LogP contribution in [-0.2, 0) is 11.3 Å². The molecule has 1 aromatic heterocycles. The number of benzene rings is 2. The van der Waals surface area contributed by atoms with Gasteiger partial charge in [-0.15, -0.1) is 0 Å². The summed E-state index contributed by atoms with van der Waals surface area (Å²) in [6.07, 6.45) is 1.79. The van der Waals surface area contributed by atoms with Crippen LogP contribution in [0.4, 0.5) is 4.39 Å². The highest BCUT2D eigenvalue weighted by Crippen LogP contribution is 2.31. The Balaban J connectivity index is 1.52. The molecule has 0 radical (unpaired) electrons. The van der Waals surface area contributed by atoms with Gasteiger partial charge in [-0.25, -0.2) is 9.18 Å². The van der Waals surface area contributed by atoms with Crippen LogP contribution < -0.4 is 0 Å². The maximum absolute atomic E-state index is 14.5. The van der Waals surface area contributed by atoms with Gasteiger partial charge in [0.2, 0.25) is 0 Å². The molecule has 2 aromatic carbocycles. The van der Waals surface area contributed by atoms with E-state index in [4.69, 9.17) is 23.2 Å². The predicted octanol–water partition coefficient (Wildman–Crippen LogP) is 5.41. The summed E-state index contributed by atoms with van der Waals surface area (Å²) in [4.78, 5) is 14.2. The highest BCUT2D eigenvalue weighted by Gasteiger charge is 2.25. The first-order chi connectivity index (χ1) is 14.4. The minimum Gasteiger partial charge on any atom is -0.465 e. The summed E-state index contributed by atoms with van der Waals surface area (Å²) < 4.78 is 21.1. The summed E-state index contributed by atoms with van der Waals surface area (Å²) in [6.45, 7) is 4.43. The average Bonchev–Trinajstić information content (AvgIpc) is 3.02. The summed E-state index contributed by atoms with van der Waals surface area (Å²) in [5, 5.41) is 6.70. The third-order valence-electron chi connectivity index (χ3n) is 5.62. The number of piperidine rings is 1. The lowest BCUT2D eigenvalue weighted by Crippen LogP contribution is -2.34. The Morgan fingerprint density at radius 3 is 2.47 bits per heavy atom. The van der Waals surface area contributed by atoms with Crippen molar-refractivity contribution in [2.75, 3.05) is 20.2 Å². The molecule has 1 aliphatic rings. The maximum Gasteiger partial charge on any atom is 0.340 e. The topological polar surface area (TPSA) is 47.4 Å². The third kappa shape index (κ3) is 4.17. The minimum absolute atomic E-state index is 0.0670. The van der Waals surface area contributed by atoms with E-state index in [0.717, 1.165) is 49.1 Å². The van der Waals surface area contributed by atoms with Crippen LogP contribution >= 0.6 is 23.2 Å². The van der Waals surface area contributed by atoms with Crippen LogP contribution in [0, 0.1) is 12.7 Å². The smallest absolute Gasteiger partial charge is 0.340 e. The molecule has 0 atom stereocenters. The average molecular weight is 450 g/mol. The van der Waals surface area contributed by atoms with Gasteiger partial charge in [-0.05, 0) is 49.6 Å². The first kappa shape index (κ1) is 21.1. The first-order valence-electron chi connectivity index (χ1n) is 9.79. The van der Waals surface area contributed by atoms with Gasteiger partial charge in [-0.1, -0.05) is 23.2 Å². The van der Waals surface area contributed by atoms with Gasteiger partial charge in [0.05, 0.1) is 29.9 Å². The van der Waals surface area contributed by atoms with E-state index in [1.165, 1.54) is 19.2 Å². The molecule has 2 heterocycles. The van der Waals surface area contributed by atoms with Crippen LogP contribution in [0.2, 0.25) is 10.0 Å². The number of carbonyl (C=O) groups excluding carboxylic acids is 1. The number of methoxy groups -OCH3 is 1. The van der Waals surface area contributed by atoms with Crippen molar-refractivity contribution in [1.82, 2.24) is 14.7 Å². The number of aryl methyl sites for hydroxylation is 1. The van der Waals surface area contributed by atoms with E-state index in [0.29, 0.717) is 15.6 Å². The Kier molecular flexibility index (Phi) is 6.00. The van der Waals surface area contributed by atoms with Crippen LogP contribution in [0.1, 0.15) is 40.5 Å². The Hall–Kier alpha value is -2.15. The zero-order valence-corrected chi connectivity index (χ0v) is 18.3. The van der Waals surface area contributed by atoms with Crippen molar-refractivity contribution < 1.29 is 13.9 Å². The van der Waals surface area contributed by atoms with E-state index in [-0.39, 0.29) is 11.6 Å². The number of carbonyl (C=O) groups is 1. The molecule has 0 saturated carbocycles. The number of nitrogens with zero attached hydrogens (tertiary/aromatic N) is 3. The molecular formula is C22H22Cl2FN3O2. The zero-order valence-electron chi connectivity index (χ0n) is 16.8. The highest BCUT2D eigenvalue weighted by atomic mass is 35.5. The van der Waals surface area contributed by atoms with Crippen molar-refractivity contribution in [3.63, 3.8) is 0 Å². The molecule has 1 fully saturated rings. The van der Waals surface area contributed by atoms with Gasteiger partial charge in [0, 0.05) is 41.1 Å². The molecule has 158 valence electrons. The number of rotatable bonds is 4. The van der Waals surface area contributed by atoms with Gasteiger partial charge in [0.1, 0.15) is 5.82 Å². The summed E-state index contributed by atoms with van der Waals surface area (Å²) in [5.41, 5.74) is 2.50. The van der Waals surface area contributed by atoms with E-state index >= 15 is 0 Å². The fourth-order valence-corrected chi connectivity index (χ4v) is 4.71. The molecule has 4 rings (SSSR count). The van der Waals surface area contributed by atoms with Crippen molar-refractivity contribution in [3.05, 3.63) is 63.0 Å². The quantitative estimate of drug-likeness (QED) is 0.499. The monoisotopic (exact) mass is 449 g/mol. The number of halogens is 3. The summed E-state index contributed by atoms with van der Waals surface area (Å²) in [7, 11) is 1.24. The summed E-state index contributed by atoms with van der Waals surface area (Å²) in [6, 6.07) is 8.70. The van der Waals surface area contributed by atoms with Gasteiger partial charge in [0.25, 0.3) is 0 Å². The fraction of sp³-hybridized carbons (Fsp3) is 0.364. The molecule has 0 aliphatic carbocycles. The van der Waals surface area contributed by atoms with Gasteiger partial charge < -0.3 is 4.74 Å². The predicted molar refractivity (Wildman–Crippen MR) is 116 cm³/mol. The van der Waals surface area contributed by atoms with Crippen molar-refractivity contribution in [3.8, 4) is 0 Å². The van der Waals surface area contributed by atoms with Crippen LogP contribution in [0.15, 0.2) is 30.3 Å². The van der Waals surface area contributed by atoms with Crippen LogP contribution in [-0.4, -0.2) is 40.8 Å². The summed E-state index contributed by atoms with van der Waals surface area (Å²) in [5.74, 6) is -1.28. The fourth-order valence-electron chi connectivity index (χ4n) is 4.14. The molecule has 3 aromatic rings. The van der Waals surface area contributed by atoms with Gasteiger partial charge in [-0.3, -0.25) is 9.58 Å². The zero-order chi connectivity index (χ0) is 21.4. The molecule has 0 unspecified atom stereocenters. The van der Waals surface area contributed by atoms with Crippen molar-refractivity contribution in [2.45, 2.75) is 32.4 Å². The highest BCUT2D eigenvalue weighted by molar-refractivity contribution is 6.34. The van der Waals surface area contributed by atoms with E-state index in [2.05, 4.69) is 14.7 Å². The summed E-state index contributed by atoms with van der Waals surface area (Å²) >= 11 is 12.2. The van der Waals surface area contributed by atoms with E-state index in [1.54, 1.807) is 6.07 Å². The Morgan fingerprint density at radius 1 is 1.17 bits per heavy atom. The number of hydrogen-bond donors (Lipinski definition) is 0. The maximum atomic E-state index is 14.5. The largest absolute Gasteiger partial charge is 0.465 e. The number of esters is 1. The van der Waals surface area contributed by atoms with Crippen LogP contribution in [0.3, 0.4) is 0 Å². The lowest BCUT2D eigenvalue weighted by Gasteiger charge is -2.32. The second-order valence-electron chi connectivity index (χ2n) is 7.66. The Morgan fingerprint density at radius 2 is 1.83 bits per heavy atom. The Labute approximate surface area is 184 Å². The van der Waals surface area contributed by atoms with Gasteiger partial charge in [-0.2, -0.15) is 5.10 Å². The number of fused-ring (bicyclic) bond motifs is 1. The number of likely N-dealkylation sites (tertiary alicyclic amines) is 1. The molecule has 5 nitrogen and oxygen atoms in total. The molecule has 0 spiro atoms. The normalized spacial score (nSPS) is 15.6. The molecule has 0 N–H and O–H groups in total. The second-order valence-corrected chi connectivity index (χ2v) is 8.53. The lowest BCUT2D eigenvalue weighted by atomic mass is 10.0. The molecule has 1 saturated heterocycles. The third-order valence-corrected chi connectivity index (χ3v) is 6.05. The van der Waals surface area contributed by atoms with E-state index < -0.39 is 11.8 Å². The van der Waals surface area contributed by atoms with Crippen molar-refractivity contribution in [1.29, 1.82) is 0 Å². The molecule has 0 amide bonds. The number of aromatic nitrogens is 2. The Bertz CT molecular complexity index is 1090. The molecular weight excluding hydrogens is 428 g/mol. The van der Waals surface area contributed by atoms with E-state index in [9.17, 15) is 9.18 Å². The first-order valence-corrected chi connectivity index (χ1v) is 10.6. The van der Waals surface area contributed by atoms with Gasteiger partial charge in [0.15, 0.2) is 0 Å². The number of hydrogen-bond acceptors (Lipinski definition) is 4.